The van der Waals surface area contributed by atoms with E-state index in [0.717, 1.165) is 11.9 Å². The first-order valence-electron chi connectivity index (χ1n) is 4.59. The molecule has 0 saturated heterocycles. The quantitative estimate of drug-likeness (QED) is 0.600. The van der Waals surface area contributed by atoms with E-state index in [-0.39, 0.29) is 0 Å². The number of carboxylic acids is 1. The lowest BCUT2D eigenvalue weighted by Crippen LogP contribution is -2.10. The molecule has 0 aliphatic rings. The first-order valence-corrected chi connectivity index (χ1v) is 4.59. The van der Waals surface area contributed by atoms with Gasteiger partial charge < -0.3 is 10.0 Å². The van der Waals surface area contributed by atoms with Gasteiger partial charge in [-0.1, -0.05) is 0 Å². The lowest BCUT2D eigenvalue weighted by atomic mass is 10.2. The molecule has 16 heavy (non-hydrogen) atoms. The van der Waals surface area contributed by atoms with Gasteiger partial charge in [-0.15, -0.1) is 0 Å². The zero-order valence-corrected chi connectivity index (χ0v) is 9.04. The number of pyridine rings is 1. The van der Waals surface area contributed by atoms with E-state index >= 15 is 0 Å². The molecule has 1 aromatic heterocycles. The molecule has 0 atom stereocenters. The first-order chi connectivity index (χ1) is 7.50. The highest BCUT2D eigenvalue weighted by molar-refractivity contribution is 6.38. The number of aromatic nitrogens is 1. The van der Waals surface area contributed by atoms with E-state index in [1.165, 1.54) is 6.08 Å². The fourth-order valence-corrected chi connectivity index (χ4v) is 1.00. The monoisotopic (exact) mass is 220 g/mol. The van der Waals surface area contributed by atoms with Crippen LogP contribution in [-0.4, -0.2) is 35.9 Å². The van der Waals surface area contributed by atoms with Crippen molar-refractivity contribution < 1.29 is 14.7 Å². The van der Waals surface area contributed by atoms with Crippen LogP contribution < -0.4 is 4.90 Å². The minimum Gasteiger partial charge on any atom is -0.475 e. The summed E-state index contributed by atoms with van der Waals surface area (Å²) in [6.45, 7) is 0. The van der Waals surface area contributed by atoms with E-state index in [4.69, 9.17) is 5.11 Å². The normalized spacial score (nSPS) is 10.4. The molecule has 1 heterocycles. The van der Waals surface area contributed by atoms with Gasteiger partial charge in [0.15, 0.2) is 0 Å². The number of hydrogen-bond acceptors (Lipinski definition) is 4. The van der Waals surface area contributed by atoms with Gasteiger partial charge in [-0.2, -0.15) is 0 Å². The maximum atomic E-state index is 10.8. The number of nitrogens with zero attached hydrogens (tertiary/aromatic N) is 2. The molecular weight excluding hydrogens is 208 g/mol. The van der Waals surface area contributed by atoms with Crippen molar-refractivity contribution in [2.45, 2.75) is 0 Å². The lowest BCUT2D eigenvalue weighted by Gasteiger charge is -2.10. The average Bonchev–Trinajstić information content (AvgIpc) is 2.26. The van der Waals surface area contributed by atoms with Gasteiger partial charge in [-0.25, -0.2) is 9.78 Å². The molecule has 0 fully saturated rings. The van der Waals surface area contributed by atoms with Crippen LogP contribution in [0.3, 0.4) is 0 Å². The maximum Gasteiger partial charge on any atom is 0.376 e. The van der Waals surface area contributed by atoms with Gasteiger partial charge in [-0.05, 0) is 29.8 Å². The summed E-state index contributed by atoms with van der Waals surface area (Å²) >= 11 is 0. The number of anilines is 1. The van der Waals surface area contributed by atoms with Gasteiger partial charge in [0.2, 0.25) is 0 Å². The summed E-state index contributed by atoms with van der Waals surface area (Å²) in [6, 6.07) is 3.54. The minimum atomic E-state index is -1.46. The lowest BCUT2D eigenvalue weighted by molar-refractivity contribution is -0.146. The molecule has 0 saturated carbocycles. The van der Waals surface area contributed by atoms with Crippen molar-refractivity contribution in [3.05, 3.63) is 30.0 Å². The van der Waals surface area contributed by atoms with Crippen molar-refractivity contribution in [3.8, 4) is 0 Å². The van der Waals surface area contributed by atoms with E-state index in [9.17, 15) is 9.59 Å². The van der Waals surface area contributed by atoms with Gasteiger partial charge in [0.25, 0.3) is 5.78 Å². The van der Waals surface area contributed by atoms with Gasteiger partial charge in [-0.3, -0.25) is 4.79 Å². The largest absolute Gasteiger partial charge is 0.475 e. The molecule has 1 rings (SSSR count). The Morgan fingerprint density at radius 3 is 2.50 bits per heavy atom. The van der Waals surface area contributed by atoms with Gasteiger partial charge in [0.05, 0.1) is 0 Å². The molecule has 1 N–H and O–H groups in total. The Morgan fingerprint density at radius 1 is 1.38 bits per heavy atom. The summed E-state index contributed by atoms with van der Waals surface area (Å²) in [5.41, 5.74) is 0.681. The van der Waals surface area contributed by atoms with Crippen molar-refractivity contribution in [1.82, 2.24) is 4.98 Å². The number of carboxylic acid groups (broad SMARTS) is 1. The molecule has 0 aliphatic carbocycles. The zero-order chi connectivity index (χ0) is 12.1. The Kier molecular flexibility index (Phi) is 3.77. The Morgan fingerprint density at radius 2 is 2.06 bits per heavy atom. The van der Waals surface area contributed by atoms with Crippen LogP contribution in [0, 0.1) is 0 Å². The minimum absolute atomic E-state index is 0.681. The molecule has 0 unspecified atom stereocenters. The second kappa shape index (κ2) is 5.06. The molecule has 5 heteroatoms. The standard InChI is InChI=1S/C11H12N2O3/c1-13(2)10-6-4-8(7-12-10)3-5-9(14)11(15)16/h3-7H,1-2H3,(H,15,16)/b5-3+. The molecule has 0 radical (unpaired) electrons. The summed E-state index contributed by atoms with van der Waals surface area (Å²) in [4.78, 5) is 27.0. The second-order valence-corrected chi connectivity index (χ2v) is 3.35. The molecule has 5 nitrogen and oxygen atoms in total. The summed E-state index contributed by atoms with van der Waals surface area (Å²) in [5.74, 6) is -1.62. The topological polar surface area (TPSA) is 70.5 Å². The SMILES string of the molecule is CN(C)c1ccc(/C=C/C(=O)C(=O)O)cn1. The Balaban J connectivity index is 2.76. The number of ketones is 1. The van der Waals surface area contributed by atoms with Crippen LogP contribution in [0.15, 0.2) is 24.4 Å². The molecule has 84 valence electrons. The predicted molar refractivity (Wildman–Crippen MR) is 60.2 cm³/mol. The molecule has 0 amide bonds. The zero-order valence-electron chi connectivity index (χ0n) is 9.04. The Hall–Kier alpha value is -2.17. The summed E-state index contributed by atoms with van der Waals surface area (Å²) in [5, 5.41) is 8.35. The second-order valence-electron chi connectivity index (χ2n) is 3.35. The molecular formula is C11H12N2O3. The van der Waals surface area contributed by atoms with Crippen LogP contribution in [0.1, 0.15) is 5.56 Å². The summed E-state index contributed by atoms with van der Waals surface area (Å²) in [6.07, 6.45) is 4.00. The van der Waals surface area contributed by atoms with E-state index in [0.29, 0.717) is 5.56 Å². The van der Waals surface area contributed by atoms with Gasteiger partial charge in [0.1, 0.15) is 5.82 Å². The van der Waals surface area contributed by atoms with Gasteiger partial charge in [0, 0.05) is 20.3 Å². The van der Waals surface area contributed by atoms with E-state index in [1.54, 1.807) is 18.3 Å². The molecule has 0 bridgehead atoms. The van der Waals surface area contributed by atoms with Crippen LogP contribution in [0.5, 0.6) is 0 Å². The Labute approximate surface area is 93.0 Å². The number of aliphatic carboxylic acids is 1. The van der Waals surface area contributed by atoms with E-state index in [2.05, 4.69) is 4.98 Å². The fourth-order valence-electron chi connectivity index (χ4n) is 1.00. The number of carbonyl (C=O) groups excluding carboxylic acids is 1. The molecule has 0 aliphatic heterocycles. The fraction of sp³-hybridized carbons (Fsp3) is 0.182. The Bertz CT molecular complexity index is 421. The van der Waals surface area contributed by atoms with E-state index in [1.807, 2.05) is 19.0 Å². The van der Waals surface area contributed by atoms with Crippen molar-refractivity contribution in [2.75, 3.05) is 19.0 Å². The van der Waals surface area contributed by atoms with Crippen LogP contribution in [0.2, 0.25) is 0 Å². The summed E-state index contributed by atoms with van der Waals surface area (Å²) in [7, 11) is 3.73. The first kappa shape index (κ1) is 11.9. The average molecular weight is 220 g/mol. The van der Waals surface area contributed by atoms with Crippen LogP contribution in [0.25, 0.3) is 6.08 Å². The van der Waals surface area contributed by atoms with Crippen LogP contribution >= 0.6 is 0 Å². The highest BCUT2D eigenvalue weighted by atomic mass is 16.4. The van der Waals surface area contributed by atoms with Crippen molar-refractivity contribution in [2.24, 2.45) is 0 Å². The molecule has 0 aromatic carbocycles. The molecule has 0 spiro atoms. The third kappa shape index (κ3) is 3.20. The highest BCUT2D eigenvalue weighted by Crippen LogP contribution is 2.08. The van der Waals surface area contributed by atoms with Crippen LogP contribution in [0.4, 0.5) is 5.82 Å². The van der Waals surface area contributed by atoms with Crippen molar-refractivity contribution >= 4 is 23.6 Å². The van der Waals surface area contributed by atoms with Crippen molar-refractivity contribution in [1.29, 1.82) is 0 Å². The number of hydrogen-bond donors (Lipinski definition) is 1. The third-order valence-corrected chi connectivity index (χ3v) is 1.87. The number of carbonyl (C=O) groups is 2. The number of rotatable bonds is 4. The maximum absolute atomic E-state index is 10.8. The van der Waals surface area contributed by atoms with Gasteiger partial charge >= 0.3 is 5.97 Å². The van der Waals surface area contributed by atoms with Crippen molar-refractivity contribution in [3.63, 3.8) is 0 Å². The smallest absolute Gasteiger partial charge is 0.376 e. The summed E-state index contributed by atoms with van der Waals surface area (Å²) < 4.78 is 0. The van der Waals surface area contributed by atoms with E-state index < -0.39 is 11.8 Å². The third-order valence-electron chi connectivity index (χ3n) is 1.87. The highest BCUT2D eigenvalue weighted by Gasteiger charge is 2.05. The molecule has 1 aromatic rings. The predicted octanol–water partition coefficient (Wildman–Crippen LogP) is 0.815. The van der Waals surface area contributed by atoms with Crippen LogP contribution in [-0.2, 0) is 9.59 Å².